The van der Waals surface area contributed by atoms with Gasteiger partial charge in [-0.15, -0.1) is 0 Å². The highest BCUT2D eigenvalue weighted by molar-refractivity contribution is 5.93. The molecule has 2 unspecified atom stereocenters. The third-order valence-electron chi connectivity index (χ3n) is 4.04. The molecule has 2 atom stereocenters. The molecule has 118 valence electrons. The first-order valence-corrected chi connectivity index (χ1v) is 7.45. The molecule has 1 amide bonds. The van der Waals surface area contributed by atoms with Gasteiger partial charge in [-0.25, -0.2) is 15.8 Å². The predicted molar refractivity (Wildman–Crippen MR) is 82.0 cm³/mol. The molecule has 3 rings (SSSR count). The molecule has 3 heterocycles. The van der Waals surface area contributed by atoms with Gasteiger partial charge in [0.2, 0.25) is 11.9 Å². The number of hydrogen-bond donors (Lipinski definition) is 4. The zero-order valence-electron chi connectivity index (χ0n) is 13.0. The summed E-state index contributed by atoms with van der Waals surface area (Å²) < 4.78 is 1.99. The third-order valence-corrected chi connectivity index (χ3v) is 4.04. The number of imidazole rings is 1. The van der Waals surface area contributed by atoms with Crippen LogP contribution in [0.2, 0.25) is 0 Å². The van der Waals surface area contributed by atoms with Crippen LogP contribution in [-0.4, -0.2) is 31.7 Å². The highest BCUT2D eigenvalue weighted by Gasteiger charge is 2.33. The Morgan fingerprint density at radius 1 is 1.45 bits per heavy atom. The van der Waals surface area contributed by atoms with Crippen LogP contribution in [0.3, 0.4) is 0 Å². The van der Waals surface area contributed by atoms with E-state index in [4.69, 9.17) is 0 Å². The number of carbonyl (C=O) groups excluding carboxylic acids is 1. The molecule has 2 aromatic heterocycles. The van der Waals surface area contributed by atoms with Crippen LogP contribution in [0.1, 0.15) is 36.3 Å². The number of rotatable bonds is 4. The molecule has 0 aromatic carbocycles. The van der Waals surface area contributed by atoms with Gasteiger partial charge >= 0.3 is 0 Å². The minimum Gasteiger partial charge on any atom is -0.331 e. The van der Waals surface area contributed by atoms with E-state index in [2.05, 4.69) is 45.1 Å². The van der Waals surface area contributed by atoms with Crippen LogP contribution in [0.4, 0.5) is 5.95 Å². The van der Waals surface area contributed by atoms with Crippen molar-refractivity contribution >= 4 is 11.9 Å². The van der Waals surface area contributed by atoms with E-state index in [9.17, 15) is 4.79 Å². The van der Waals surface area contributed by atoms with Gasteiger partial charge < -0.3 is 4.98 Å². The molecule has 22 heavy (non-hydrogen) atoms. The number of anilines is 1. The smallest absolute Gasteiger partial charge is 0.245 e. The zero-order valence-corrected chi connectivity index (χ0v) is 13.0. The Morgan fingerprint density at radius 2 is 2.27 bits per heavy atom. The maximum Gasteiger partial charge on any atom is 0.245 e. The lowest BCUT2D eigenvalue weighted by Gasteiger charge is -2.10. The minimum absolute atomic E-state index is 0.0765. The number of nitrogens with zero attached hydrogens (tertiary/aromatic N) is 3. The number of amides is 1. The van der Waals surface area contributed by atoms with Gasteiger partial charge in [-0.1, -0.05) is 0 Å². The summed E-state index contributed by atoms with van der Waals surface area (Å²) in [4.78, 5) is 19.1. The van der Waals surface area contributed by atoms with Gasteiger partial charge in [0, 0.05) is 30.2 Å². The molecule has 8 nitrogen and oxygen atoms in total. The number of H-pyrrole nitrogens is 1. The van der Waals surface area contributed by atoms with Crippen molar-refractivity contribution in [1.29, 1.82) is 0 Å². The second kappa shape index (κ2) is 5.90. The second-order valence-electron chi connectivity index (χ2n) is 5.46. The van der Waals surface area contributed by atoms with Crippen LogP contribution in [0, 0.1) is 13.8 Å². The van der Waals surface area contributed by atoms with Crippen molar-refractivity contribution in [3.8, 4) is 0 Å². The first-order valence-electron chi connectivity index (χ1n) is 7.45. The van der Waals surface area contributed by atoms with Gasteiger partial charge in [-0.05, 0) is 27.2 Å². The summed E-state index contributed by atoms with van der Waals surface area (Å²) in [7, 11) is 0. The number of hydrazine groups is 1. The van der Waals surface area contributed by atoms with Gasteiger partial charge in [0.25, 0.3) is 0 Å². The van der Waals surface area contributed by atoms with E-state index in [-0.39, 0.29) is 18.0 Å². The lowest BCUT2D eigenvalue weighted by molar-refractivity contribution is -0.117. The maximum absolute atomic E-state index is 12.2. The molecule has 0 spiro atoms. The van der Waals surface area contributed by atoms with Gasteiger partial charge in [-0.2, -0.15) is 5.10 Å². The molecule has 1 aliphatic rings. The third kappa shape index (κ3) is 2.62. The van der Waals surface area contributed by atoms with Crippen molar-refractivity contribution in [2.24, 2.45) is 0 Å². The quantitative estimate of drug-likeness (QED) is 0.669. The van der Waals surface area contributed by atoms with Crippen LogP contribution in [0.25, 0.3) is 0 Å². The van der Waals surface area contributed by atoms with Crippen molar-refractivity contribution in [3.05, 3.63) is 29.3 Å². The Morgan fingerprint density at radius 3 is 2.91 bits per heavy atom. The predicted octanol–water partition coefficient (Wildman–Crippen LogP) is 0.789. The first kappa shape index (κ1) is 14.7. The number of aromatic nitrogens is 4. The Hall–Kier alpha value is -2.19. The number of aromatic amines is 1. The number of hydrogen-bond acceptors (Lipinski definition) is 5. The van der Waals surface area contributed by atoms with E-state index < -0.39 is 0 Å². The Labute approximate surface area is 128 Å². The Bertz CT molecular complexity index is 661. The SMILES string of the molecule is CCn1nc(C)c(C2CC(C(=O)Nc3ncc[nH]3)NN2)c1C. The normalized spacial score (nSPS) is 21.2. The van der Waals surface area contributed by atoms with Crippen molar-refractivity contribution in [2.75, 3.05) is 5.32 Å². The summed E-state index contributed by atoms with van der Waals surface area (Å²) in [5.74, 6) is 0.351. The molecule has 1 saturated heterocycles. The monoisotopic (exact) mass is 303 g/mol. The minimum atomic E-state index is -0.307. The summed E-state index contributed by atoms with van der Waals surface area (Å²) in [6.45, 7) is 6.99. The number of carbonyl (C=O) groups is 1. The molecular weight excluding hydrogens is 282 g/mol. The Balaban J connectivity index is 1.70. The summed E-state index contributed by atoms with van der Waals surface area (Å²) in [5, 5.41) is 7.29. The van der Waals surface area contributed by atoms with E-state index in [0.29, 0.717) is 12.4 Å². The average molecular weight is 303 g/mol. The summed E-state index contributed by atoms with van der Waals surface area (Å²) in [5.41, 5.74) is 9.59. The summed E-state index contributed by atoms with van der Waals surface area (Å²) >= 11 is 0. The second-order valence-corrected chi connectivity index (χ2v) is 5.46. The van der Waals surface area contributed by atoms with E-state index >= 15 is 0 Å². The van der Waals surface area contributed by atoms with Crippen LogP contribution in [-0.2, 0) is 11.3 Å². The van der Waals surface area contributed by atoms with Crippen LogP contribution >= 0.6 is 0 Å². The van der Waals surface area contributed by atoms with Crippen LogP contribution in [0.15, 0.2) is 12.4 Å². The zero-order chi connectivity index (χ0) is 15.7. The number of nitrogens with one attached hydrogen (secondary N) is 4. The molecule has 0 aliphatic carbocycles. The van der Waals surface area contributed by atoms with E-state index in [1.165, 1.54) is 5.56 Å². The largest absolute Gasteiger partial charge is 0.331 e. The highest BCUT2D eigenvalue weighted by atomic mass is 16.2. The topological polar surface area (TPSA) is 99.7 Å². The van der Waals surface area contributed by atoms with Crippen LogP contribution < -0.4 is 16.2 Å². The van der Waals surface area contributed by atoms with Crippen molar-refractivity contribution < 1.29 is 4.79 Å². The van der Waals surface area contributed by atoms with E-state index in [0.717, 1.165) is 17.9 Å². The average Bonchev–Trinajstić information content (AvgIpc) is 3.20. The molecule has 8 heteroatoms. The van der Waals surface area contributed by atoms with E-state index in [1.807, 2.05) is 11.6 Å². The molecule has 4 N–H and O–H groups in total. The molecule has 2 aromatic rings. The molecule has 1 fully saturated rings. The van der Waals surface area contributed by atoms with Crippen molar-refractivity contribution in [1.82, 2.24) is 30.6 Å². The fourth-order valence-corrected chi connectivity index (χ4v) is 2.98. The summed E-state index contributed by atoms with van der Waals surface area (Å²) in [6, 6.07) is -0.230. The molecular formula is C14H21N7O. The molecule has 0 saturated carbocycles. The lowest BCUT2D eigenvalue weighted by atomic mass is 10.00. The fourth-order valence-electron chi connectivity index (χ4n) is 2.98. The maximum atomic E-state index is 12.2. The fraction of sp³-hybridized carbons (Fsp3) is 0.500. The molecule has 0 radical (unpaired) electrons. The first-order chi connectivity index (χ1) is 10.6. The van der Waals surface area contributed by atoms with Crippen molar-refractivity contribution in [3.63, 3.8) is 0 Å². The standard InChI is InChI=1S/C14H21N7O/c1-4-21-9(3)12(8(2)20-21)10-7-11(19-18-10)13(22)17-14-15-5-6-16-14/h5-6,10-11,18-19H,4,7H2,1-3H3,(H2,15,16,17,22). The molecule has 1 aliphatic heterocycles. The van der Waals surface area contributed by atoms with Gasteiger partial charge in [0.05, 0.1) is 11.7 Å². The highest BCUT2D eigenvalue weighted by Crippen LogP contribution is 2.28. The van der Waals surface area contributed by atoms with E-state index in [1.54, 1.807) is 12.4 Å². The van der Waals surface area contributed by atoms with Crippen molar-refractivity contribution in [2.45, 2.75) is 45.8 Å². The lowest BCUT2D eigenvalue weighted by Crippen LogP contribution is -2.39. The Kier molecular flexibility index (Phi) is 3.95. The van der Waals surface area contributed by atoms with Gasteiger partial charge in [0.1, 0.15) is 6.04 Å². The van der Waals surface area contributed by atoms with Gasteiger partial charge in [0.15, 0.2) is 0 Å². The van der Waals surface area contributed by atoms with Gasteiger partial charge in [-0.3, -0.25) is 14.8 Å². The van der Waals surface area contributed by atoms with Crippen LogP contribution in [0.5, 0.6) is 0 Å². The molecule has 0 bridgehead atoms. The summed E-state index contributed by atoms with van der Waals surface area (Å²) in [6.07, 6.45) is 3.94. The number of aryl methyl sites for hydroxylation is 2.